The third kappa shape index (κ3) is 7.13. The number of rotatable bonds is 8. The lowest BCUT2D eigenvalue weighted by molar-refractivity contribution is -0.124. The number of carbonyl (C=O) groups excluding carboxylic acids is 1. The molecule has 0 saturated carbocycles. The monoisotopic (exact) mass is 424 g/mol. The van der Waals surface area contributed by atoms with Gasteiger partial charge in [-0.05, 0) is 63.6 Å². The van der Waals surface area contributed by atoms with E-state index < -0.39 is 0 Å². The van der Waals surface area contributed by atoms with Gasteiger partial charge in [0.05, 0.1) is 16.7 Å². The first-order valence-corrected chi connectivity index (χ1v) is 9.82. The molecule has 0 atom stereocenters. The van der Waals surface area contributed by atoms with E-state index in [4.69, 9.17) is 32.7 Å². The highest BCUT2D eigenvalue weighted by Gasteiger charge is 2.15. The molecule has 28 heavy (non-hydrogen) atoms. The van der Waals surface area contributed by atoms with Gasteiger partial charge < -0.3 is 20.1 Å². The van der Waals surface area contributed by atoms with Crippen LogP contribution in [0.4, 0.5) is 5.69 Å². The Labute approximate surface area is 176 Å². The molecule has 0 saturated heterocycles. The maximum atomic E-state index is 12.0. The van der Waals surface area contributed by atoms with E-state index in [2.05, 4.69) is 10.6 Å². The number of amides is 1. The minimum atomic E-state index is -0.302. The van der Waals surface area contributed by atoms with Crippen molar-refractivity contribution in [3.63, 3.8) is 0 Å². The van der Waals surface area contributed by atoms with E-state index in [0.29, 0.717) is 34.7 Å². The zero-order valence-corrected chi connectivity index (χ0v) is 18.1. The molecule has 152 valence electrons. The highest BCUT2D eigenvalue weighted by atomic mass is 35.5. The van der Waals surface area contributed by atoms with Crippen LogP contribution in [0.3, 0.4) is 0 Å². The number of anilines is 1. The molecule has 0 bridgehead atoms. The third-order valence-corrected chi connectivity index (χ3v) is 4.34. The molecule has 0 fully saturated rings. The summed E-state index contributed by atoms with van der Waals surface area (Å²) in [5, 5.41) is 7.17. The molecule has 5 nitrogen and oxygen atoms in total. The average molecular weight is 425 g/mol. The van der Waals surface area contributed by atoms with Gasteiger partial charge in [-0.1, -0.05) is 29.3 Å². The van der Waals surface area contributed by atoms with Crippen LogP contribution in [0.1, 0.15) is 33.3 Å². The zero-order valence-electron chi connectivity index (χ0n) is 16.6. The number of hydrogen-bond donors (Lipinski definition) is 2. The van der Waals surface area contributed by atoms with Crippen LogP contribution in [0.5, 0.6) is 11.5 Å². The summed E-state index contributed by atoms with van der Waals surface area (Å²) in [6.45, 7) is 8.66. The zero-order chi connectivity index (χ0) is 20.7. The number of benzene rings is 2. The van der Waals surface area contributed by atoms with Gasteiger partial charge in [0.2, 0.25) is 0 Å². The summed E-state index contributed by atoms with van der Waals surface area (Å²) in [4.78, 5) is 12.0. The Kier molecular flexibility index (Phi) is 7.84. The summed E-state index contributed by atoms with van der Waals surface area (Å²) >= 11 is 12.0. The van der Waals surface area contributed by atoms with E-state index in [1.807, 2.05) is 45.9 Å². The fourth-order valence-corrected chi connectivity index (χ4v) is 2.76. The van der Waals surface area contributed by atoms with E-state index in [1.165, 1.54) is 0 Å². The predicted octanol–water partition coefficient (Wildman–Crippen LogP) is 5.30. The molecular formula is C21H26Cl2N2O3. The smallest absolute Gasteiger partial charge is 0.258 e. The maximum Gasteiger partial charge on any atom is 0.258 e. The van der Waals surface area contributed by atoms with Gasteiger partial charge in [-0.2, -0.15) is 0 Å². The van der Waals surface area contributed by atoms with Gasteiger partial charge >= 0.3 is 0 Å². The molecule has 0 aliphatic heterocycles. The van der Waals surface area contributed by atoms with Crippen molar-refractivity contribution in [2.24, 2.45) is 0 Å². The molecule has 2 N–H and O–H groups in total. The van der Waals surface area contributed by atoms with Gasteiger partial charge in [0, 0.05) is 17.8 Å². The lowest BCUT2D eigenvalue weighted by Crippen LogP contribution is -2.43. The van der Waals surface area contributed by atoms with Crippen molar-refractivity contribution >= 4 is 34.8 Å². The highest BCUT2D eigenvalue weighted by molar-refractivity contribution is 6.42. The molecule has 2 rings (SSSR count). The van der Waals surface area contributed by atoms with Crippen molar-refractivity contribution in [3.05, 3.63) is 52.0 Å². The van der Waals surface area contributed by atoms with Gasteiger partial charge in [-0.15, -0.1) is 0 Å². The molecule has 0 aliphatic rings. The summed E-state index contributed by atoms with van der Waals surface area (Å²) in [6, 6.07) is 11.0. The Morgan fingerprint density at radius 2 is 1.75 bits per heavy atom. The highest BCUT2D eigenvalue weighted by Crippen LogP contribution is 2.29. The molecule has 2 aromatic rings. The SMILES string of the molecule is CCOc1cc(CNc2ccc(Cl)c(Cl)c2)ccc1OCC(=O)NC(C)(C)C. The van der Waals surface area contributed by atoms with Gasteiger partial charge in [-0.3, -0.25) is 4.79 Å². The Balaban J connectivity index is 2.02. The molecule has 0 heterocycles. The van der Waals surface area contributed by atoms with E-state index in [9.17, 15) is 4.79 Å². The number of hydrogen-bond acceptors (Lipinski definition) is 4. The fourth-order valence-electron chi connectivity index (χ4n) is 2.46. The third-order valence-electron chi connectivity index (χ3n) is 3.60. The molecule has 1 amide bonds. The topological polar surface area (TPSA) is 59.6 Å². The van der Waals surface area contributed by atoms with Crippen molar-refractivity contribution in [3.8, 4) is 11.5 Å². The second kappa shape index (κ2) is 9.89. The molecule has 2 aromatic carbocycles. The lowest BCUT2D eigenvalue weighted by Gasteiger charge is -2.21. The summed E-state index contributed by atoms with van der Waals surface area (Å²) in [7, 11) is 0. The first-order chi connectivity index (χ1) is 13.2. The van der Waals surface area contributed by atoms with Crippen LogP contribution in [-0.4, -0.2) is 24.7 Å². The average Bonchev–Trinajstić information content (AvgIpc) is 2.61. The summed E-state index contributed by atoms with van der Waals surface area (Å²) < 4.78 is 11.3. The van der Waals surface area contributed by atoms with E-state index in [1.54, 1.807) is 18.2 Å². The summed E-state index contributed by atoms with van der Waals surface area (Å²) in [6.07, 6.45) is 0. The Morgan fingerprint density at radius 3 is 2.39 bits per heavy atom. The Morgan fingerprint density at radius 1 is 1.00 bits per heavy atom. The maximum absolute atomic E-state index is 12.0. The van der Waals surface area contributed by atoms with Crippen LogP contribution >= 0.6 is 23.2 Å². The van der Waals surface area contributed by atoms with Gasteiger partial charge in [0.1, 0.15) is 0 Å². The molecule has 0 spiro atoms. The van der Waals surface area contributed by atoms with Gasteiger partial charge in [0.25, 0.3) is 5.91 Å². The number of carbonyl (C=O) groups is 1. The number of halogens is 2. The first-order valence-electron chi connectivity index (χ1n) is 9.06. The van der Waals surface area contributed by atoms with Crippen molar-refractivity contribution in [2.75, 3.05) is 18.5 Å². The molecule has 0 unspecified atom stereocenters. The van der Waals surface area contributed by atoms with Crippen molar-refractivity contribution < 1.29 is 14.3 Å². The molecule has 0 aliphatic carbocycles. The van der Waals surface area contributed by atoms with Gasteiger partial charge in [-0.25, -0.2) is 0 Å². The normalized spacial score (nSPS) is 11.1. The molecular weight excluding hydrogens is 399 g/mol. The number of nitrogens with one attached hydrogen (secondary N) is 2. The minimum absolute atomic E-state index is 0.0712. The summed E-state index contributed by atoms with van der Waals surface area (Å²) in [5.74, 6) is 0.948. The predicted molar refractivity (Wildman–Crippen MR) is 115 cm³/mol. The van der Waals surface area contributed by atoms with Crippen molar-refractivity contribution in [2.45, 2.75) is 39.8 Å². The van der Waals surface area contributed by atoms with Crippen LogP contribution in [0.15, 0.2) is 36.4 Å². The number of ether oxygens (including phenoxy) is 2. The van der Waals surface area contributed by atoms with Crippen LogP contribution in [0, 0.1) is 0 Å². The molecule has 0 radical (unpaired) electrons. The van der Waals surface area contributed by atoms with Crippen LogP contribution in [0.25, 0.3) is 0 Å². The van der Waals surface area contributed by atoms with Gasteiger partial charge in [0.15, 0.2) is 18.1 Å². The Bertz CT molecular complexity index is 820. The minimum Gasteiger partial charge on any atom is -0.490 e. The standard InChI is InChI=1S/C21H26Cl2N2O3/c1-5-27-19-10-14(12-24-15-7-8-16(22)17(23)11-15)6-9-18(19)28-13-20(26)25-21(2,3)4/h6-11,24H,5,12-13H2,1-4H3,(H,25,26). The van der Waals surface area contributed by atoms with E-state index >= 15 is 0 Å². The van der Waals surface area contributed by atoms with Crippen LogP contribution in [-0.2, 0) is 11.3 Å². The largest absolute Gasteiger partial charge is 0.490 e. The second-order valence-electron chi connectivity index (χ2n) is 7.28. The molecule has 7 heteroatoms. The van der Waals surface area contributed by atoms with Crippen molar-refractivity contribution in [1.29, 1.82) is 0 Å². The quantitative estimate of drug-likeness (QED) is 0.603. The van der Waals surface area contributed by atoms with E-state index in [-0.39, 0.29) is 18.1 Å². The van der Waals surface area contributed by atoms with E-state index in [0.717, 1.165) is 11.3 Å². The molecule has 0 aromatic heterocycles. The van der Waals surface area contributed by atoms with Crippen LogP contribution < -0.4 is 20.1 Å². The summed E-state index contributed by atoms with van der Waals surface area (Å²) in [5.41, 5.74) is 1.57. The second-order valence-corrected chi connectivity index (χ2v) is 8.10. The van der Waals surface area contributed by atoms with Crippen LogP contribution in [0.2, 0.25) is 10.0 Å². The van der Waals surface area contributed by atoms with Crippen molar-refractivity contribution in [1.82, 2.24) is 5.32 Å². The Hall–Kier alpha value is -2.11. The fraction of sp³-hybridized carbons (Fsp3) is 0.381. The first kappa shape index (κ1) is 22.2. The lowest BCUT2D eigenvalue weighted by atomic mass is 10.1.